The van der Waals surface area contributed by atoms with Crippen LogP contribution in [-0.4, -0.2) is 12.9 Å². The summed E-state index contributed by atoms with van der Waals surface area (Å²) in [5, 5.41) is 0. The summed E-state index contributed by atoms with van der Waals surface area (Å²) in [6.45, 7) is 4.85. The number of Topliss-reactive ketones (excluding diaryl/α,β-unsaturated/α-hetero) is 1. The molecule has 0 aromatic heterocycles. The molecular formula is C13H12F2O2. The number of rotatable bonds is 4. The number of ketones is 1. The lowest BCUT2D eigenvalue weighted by atomic mass is 10.1. The molecule has 0 bridgehead atoms. The first-order valence-corrected chi connectivity index (χ1v) is 4.86. The highest BCUT2D eigenvalue weighted by Gasteiger charge is 2.10. The zero-order valence-corrected chi connectivity index (χ0v) is 9.59. The molecule has 90 valence electrons. The smallest absolute Gasteiger partial charge is 0.159 e. The minimum Gasteiger partial charge on any atom is -0.496 e. The van der Waals surface area contributed by atoms with Crippen LogP contribution >= 0.6 is 0 Å². The van der Waals surface area contributed by atoms with E-state index in [0.717, 1.165) is 12.1 Å². The second-order valence-electron chi connectivity index (χ2n) is 3.42. The Morgan fingerprint density at radius 1 is 1.41 bits per heavy atom. The van der Waals surface area contributed by atoms with Gasteiger partial charge in [-0.25, -0.2) is 8.78 Å². The van der Waals surface area contributed by atoms with Crippen molar-refractivity contribution in [2.45, 2.75) is 6.92 Å². The number of hydrogen-bond acceptors (Lipinski definition) is 2. The van der Waals surface area contributed by atoms with Crippen molar-refractivity contribution in [3.63, 3.8) is 0 Å². The summed E-state index contributed by atoms with van der Waals surface area (Å²) in [6, 6.07) is 3.11. The lowest BCUT2D eigenvalue weighted by molar-refractivity contribution is -0.113. The van der Waals surface area contributed by atoms with Gasteiger partial charge in [0.1, 0.15) is 17.4 Å². The number of allylic oxidation sites excluding steroid dienone is 2. The number of carbonyl (C=O) groups is 1. The van der Waals surface area contributed by atoms with Crippen molar-refractivity contribution in [2.75, 3.05) is 7.11 Å². The van der Waals surface area contributed by atoms with Gasteiger partial charge < -0.3 is 4.74 Å². The Hall–Kier alpha value is -1.97. The predicted molar refractivity (Wildman–Crippen MR) is 61.2 cm³/mol. The van der Waals surface area contributed by atoms with Gasteiger partial charge in [-0.3, -0.25) is 4.79 Å². The molecule has 0 amide bonds. The molecule has 1 aromatic rings. The third kappa shape index (κ3) is 3.24. The number of halogens is 2. The van der Waals surface area contributed by atoms with Crippen LogP contribution in [0.3, 0.4) is 0 Å². The van der Waals surface area contributed by atoms with E-state index in [9.17, 15) is 13.6 Å². The van der Waals surface area contributed by atoms with E-state index in [4.69, 9.17) is 4.74 Å². The van der Waals surface area contributed by atoms with Crippen LogP contribution in [-0.2, 0) is 9.53 Å². The molecular weight excluding hydrogens is 226 g/mol. The third-order valence-corrected chi connectivity index (χ3v) is 2.17. The fraction of sp³-hybridized carbons (Fsp3) is 0.154. The van der Waals surface area contributed by atoms with E-state index in [-0.39, 0.29) is 22.7 Å². The first-order chi connectivity index (χ1) is 7.95. The summed E-state index contributed by atoms with van der Waals surface area (Å²) in [5.41, 5.74) is 0.266. The monoisotopic (exact) mass is 238 g/mol. The first kappa shape index (κ1) is 13.1. The number of benzene rings is 1. The maximum atomic E-state index is 13.5. The highest BCUT2D eigenvalue weighted by Crippen LogP contribution is 2.21. The van der Waals surface area contributed by atoms with E-state index < -0.39 is 11.6 Å². The number of carbonyl (C=O) groups excluding carboxylic acids is 1. The van der Waals surface area contributed by atoms with Crippen molar-refractivity contribution in [3.05, 3.63) is 53.6 Å². The van der Waals surface area contributed by atoms with E-state index in [1.165, 1.54) is 26.2 Å². The van der Waals surface area contributed by atoms with Crippen LogP contribution in [0.25, 0.3) is 5.76 Å². The highest BCUT2D eigenvalue weighted by atomic mass is 19.1. The number of hydrogen-bond donors (Lipinski definition) is 0. The van der Waals surface area contributed by atoms with Gasteiger partial charge in [0.15, 0.2) is 5.78 Å². The molecule has 0 saturated heterocycles. The van der Waals surface area contributed by atoms with Crippen molar-refractivity contribution in [3.8, 4) is 0 Å². The van der Waals surface area contributed by atoms with Gasteiger partial charge in [-0.05, 0) is 25.1 Å². The Morgan fingerprint density at radius 3 is 2.53 bits per heavy atom. The van der Waals surface area contributed by atoms with Gasteiger partial charge >= 0.3 is 0 Å². The molecule has 0 heterocycles. The van der Waals surface area contributed by atoms with Crippen LogP contribution in [0.1, 0.15) is 12.5 Å². The van der Waals surface area contributed by atoms with Crippen molar-refractivity contribution >= 4 is 11.5 Å². The summed E-state index contributed by atoms with van der Waals surface area (Å²) in [5.74, 6) is -1.55. The van der Waals surface area contributed by atoms with Gasteiger partial charge in [0.2, 0.25) is 0 Å². The summed E-state index contributed by atoms with van der Waals surface area (Å²) in [4.78, 5) is 11.0. The van der Waals surface area contributed by atoms with E-state index in [2.05, 4.69) is 6.58 Å². The molecule has 17 heavy (non-hydrogen) atoms. The van der Waals surface area contributed by atoms with E-state index in [0.29, 0.717) is 0 Å². The lowest BCUT2D eigenvalue weighted by Crippen LogP contribution is -1.97. The van der Waals surface area contributed by atoms with Crippen LogP contribution in [0, 0.1) is 11.6 Å². The number of methoxy groups -OCH3 is 1. The second kappa shape index (κ2) is 5.39. The Labute approximate surface area is 98.2 Å². The Kier molecular flexibility index (Phi) is 4.15. The summed E-state index contributed by atoms with van der Waals surface area (Å²) >= 11 is 0. The van der Waals surface area contributed by atoms with Crippen molar-refractivity contribution in [1.29, 1.82) is 0 Å². The van der Waals surface area contributed by atoms with Gasteiger partial charge in [-0.1, -0.05) is 6.58 Å². The van der Waals surface area contributed by atoms with Crippen molar-refractivity contribution < 1.29 is 18.3 Å². The van der Waals surface area contributed by atoms with Crippen molar-refractivity contribution in [1.82, 2.24) is 0 Å². The Morgan fingerprint density at radius 2 is 2.06 bits per heavy atom. The summed E-state index contributed by atoms with van der Waals surface area (Å²) in [6.07, 6.45) is 1.32. The average Bonchev–Trinajstić information content (AvgIpc) is 2.26. The molecule has 0 aliphatic rings. The van der Waals surface area contributed by atoms with Gasteiger partial charge in [-0.15, -0.1) is 0 Å². The molecule has 1 aromatic carbocycles. The van der Waals surface area contributed by atoms with Crippen LogP contribution < -0.4 is 0 Å². The summed E-state index contributed by atoms with van der Waals surface area (Å²) in [7, 11) is 1.34. The van der Waals surface area contributed by atoms with Crippen LogP contribution in [0.5, 0.6) is 0 Å². The van der Waals surface area contributed by atoms with Crippen molar-refractivity contribution in [2.24, 2.45) is 0 Å². The first-order valence-electron chi connectivity index (χ1n) is 4.86. The van der Waals surface area contributed by atoms with Gasteiger partial charge in [0, 0.05) is 11.6 Å². The normalized spacial score (nSPS) is 11.2. The van der Waals surface area contributed by atoms with Crippen LogP contribution in [0.15, 0.2) is 36.4 Å². The maximum absolute atomic E-state index is 13.5. The minimum atomic E-state index is -0.755. The standard InChI is InChI=1S/C13H12F2O2/c1-8(9(2)16)6-13(17-3)11-5-4-10(14)7-12(11)15/h4-7H,1H2,2-3H3/b13-6-. The molecule has 0 fully saturated rings. The van der Waals surface area contributed by atoms with Gasteiger partial charge in [0.25, 0.3) is 0 Å². The Bertz CT molecular complexity index is 490. The predicted octanol–water partition coefficient (Wildman–Crippen LogP) is 3.10. The zero-order chi connectivity index (χ0) is 13.0. The molecule has 4 heteroatoms. The molecule has 0 radical (unpaired) electrons. The molecule has 0 aliphatic heterocycles. The Balaban J connectivity index is 3.18. The highest BCUT2D eigenvalue weighted by molar-refractivity contribution is 5.97. The molecule has 0 N–H and O–H groups in total. The molecule has 0 unspecified atom stereocenters. The van der Waals surface area contributed by atoms with E-state index in [1.54, 1.807) is 0 Å². The fourth-order valence-electron chi connectivity index (χ4n) is 1.20. The maximum Gasteiger partial charge on any atom is 0.159 e. The van der Waals surface area contributed by atoms with Gasteiger partial charge in [0.05, 0.1) is 12.7 Å². The van der Waals surface area contributed by atoms with E-state index >= 15 is 0 Å². The molecule has 0 atom stereocenters. The molecule has 0 spiro atoms. The minimum absolute atomic E-state index is 0.0799. The van der Waals surface area contributed by atoms with Gasteiger partial charge in [-0.2, -0.15) is 0 Å². The largest absolute Gasteiger partial charge is 0.496 e. The molecule has 0 saturated carbocycles. The SMILES string of the molecule is C=C(/C=C(\OC)c1ccc(F)cc1F)C(C)=O. The second-order valence-corrected chi connectivity index (χ2v) is 3.42. The van der Waals surface area contributed by atoms with Crippen LogP contribution in [0.2, 0.25) is 0 Å². The van der Waals surface area contributed by atoms with Crippen LogP contribution in [0.4, 0.5) is 8.78 Å². The van der Waals surface area contributed by atoms with E-state index in [1.807, 2.05) is 0 Å². The average molecular weight is 238 g/mol. The number of ether oxygens (including phenoxy) is 1. The summed E-state index contributed by atoms with van der Waals surface area (Å²) < 4.78 is 31.2. The molecule has 1 rings (SSSR count). The fourth-order valence-corrected chi connectivity index (χ4v) is 1.20. The zero-order valence-electron chi connectivity index (χ0n) is 9.59. The topological polar surface area (TPSA) is 26.3 Å². The molecule has 0 aliphatic carbocycles. The lowest BCUT2D eigenvalue weighted by Gasteiger charge is -2.08. The molecule has 2 nitrogen and oxygen atoms in total. The quantitative estimate of drug-likeness (QED) is 0.457. The third-order valence-electron chi connectivity index (χ3n) is 2.17.